The minimum Gasteiger partial charge on any atom is -0.353 e. The van der Waals surface area contributed by atoms with Crippen LogP contribution in [0.2, 0.25) is 0 Å². The average Bonchev–Trinajstić information content (AvgIpc) is 2.47. The molecule has 1 amide bonds. The first kappa shape index (κ1) is 15.7. The minimum atomic E-state index is 0. The van der Waals surface area contributed by atoms with E-state index >= 15 is 0 Å². The van der Waals surface area contributed by atoms with Crippen LogP contribution in [-0.2, 0) is 4.79 Å². The van der Waals surface area contributed by atoms with Crippen LogP contribution in [0.25, 0.3) is 0 Å². The molecular weight excluding hydrogens is 224 g/mol. The number of hydrogen-bond donors (Lipinski definition) is 2. The Labute approximate surface area is 105 Å². The molecule has 0 aromatic heterocycles. The van der Waals surface area contributed by atoms with E-state index in [1.54, 1.807) is 0 Å². The summed E-state index contributed by atoms with van der Waals surface area (Å²) in [6.07, 6.45) is 9.20. The van der Waals surface area contributed by atoms with Crippen LogP contribution >= 0.6 is 12.4 Å². The fourth-order valence-electron chi connectivity index (χ4n) is 2.15. The number of rotatable bonds is 5. The zero-order chi connectivity index (χ0) is 10.9. The minimum absolute atomic E-state index is 0. The Morgan fingerprint density at radius 3 is 2.38 bits per heavy atom. The molecular formula is C12H25ClN2O. The van der Waals surface area contributed by atoms with E-state index < -0.39 is 0 Å². The van der Waals surface area contributed by atoms with Crippen molar-refractivity contribution < 1.29 is 4.79 Å². The predicted molar refractivity (Wildman–Crippen MR) is 70.0 cm³/mol. The summed E-state index contributed by atoms with van der Waals surface area (Å²) >= 11 is 0. The molecule has 0 saturated heterocycles. The number of amides is 1. The maximum Gasteiger partial charge on any atom is 0.220 e. The van der Waals surface area contributed by atoms with Crippen LogP contribution in [-0.4, -0.2) is 25.5 Å². The summed E-state index contributed by atoms with van der Waals surface area (Å²) in [5.41, 5.74) is 0. The summed E-state index contributed by atoms with van der Waals surface area (Å²) in [5.74, 6) is 0.233. The van der Waals surface area contributed by atoms with E-state index in [9.17, 15) is 4.79 Å². The van der Waals surface area contributed by atoms with Crippen LogP contribution in [0.15, 0.2) is 0 Å². The molecule has 2 N–H and O–H groups in total. The molecule has 0 aromatic carbocycles. The second-order valence-electron chi connectivity index (χ2n) is 4.46. The van der Waals surface area contributed by atoms with E-state index in [0.29, 0.717) is 12.5 Å². The second kappa shape index (κ2) is 9.91. The lowest BCUT2D eigenvalue weighted by molar-refractivity contribution is -0.121. The van der Waals surface area contributed by atoms with Gasteiger partial charge in [0, 0.05) is 12.5 Å². The highest BCUT2D eigenvalue weighted by molar-refractivity contribution is 5.85. The van der Waals surface area contributed by atoms with E-state index in [1.165, 1.54) is 38.5 Å². The van der Waals surface area contributed by atoms with E-state index in [-0.39, 0.29) is 18.3 Å². The third kappa shape index (κ3) is 7.07. The van der Waals surface area contributed by atoms with Gasteiger partial charge in [0.25, 0.3) is 0 Å². The number of carbonyl (C=O) groups is 1. The summed E-state index contributed by atoms with van der Waals surface area (Å²) in [7, 11) is 1.92. The van der Waals surface area contributed by atoms with Gasteiger partial charge < -0.3 is 10.6 Å². The van der Waals surface area contributed by atoms with Gasteiger partial charge in [-0.3, -0.25) is 4.79 Å². The number of carbonyl (C=O) groups excluding carboxylic acids is 1. The lowest BCUT2D eigenvalue weighted by Crippen LogP contribution is -2.34. The van der Waals surface area contributed by atoms with Crippen molar-refractivity contribution in [2.24, 2.45) is 0 Å². The molecule has 0 radical (unpaired) electrons. The van der Waals surface area contributed by atoms with E-state index in [2.05, 4.69) is 10.6 Å². The maximum absolute atomic E-state index is 11.6. The predicted octanol–water partition coefficient (Wildman–Crippen LogP) is 2.25. The highest BCUT2D eigenvalue weighted by atomic mass is 35.5. The molecule has 0 heterocycles. The van der Waals surface area contributed by atoms with Crippen molar-refractivity contribution in [2.45, 2.75) is 57.4 Å². The van der Waals surface area contributed by atoms with E-state index in [4.69, 9.17) is 0 Å². The van der Waals surface area contributed by atoms with E-state index in [1.807, 2.05) is 7.05 Å². The Balaban J connectivity index is 0.00000225. The van der Waals surface area contributed by atoms with Crippen molar-refractivity contribution in [1.82, 2.24) is 10.6 Å². The second-order valence-corrected chi connectivity index (χ2v) is 4.46. The Kier molecular flexibility index (Phi) is 9.74. The lowest BCUT2D eigenvalue weighted by Gasteiger charge is -2.15. The molecule has 1 fully saturated rings. The molecule has 0 aliphatic heterocycles. The third-order valence-corrected chi connectivity index (χ3v) is 3.05. The Hall–Kier alpha value is -0.280. The SMILES string of the molecule is CNCCCC(=O)NC1CCCCCC1.Cl. The first-order valence-corrected chi connectivity index (χ1v) is 6.27. The molecule has 3 nitrogen and oxygen atoms in total. The van der Waals surface area contributed by atoms with Crippen LogP contribution in [0.3, 0.4) is 0 Å². The van der Waals surface area contributed by atoms with Crippen molar-refractivity contribution in [3.8, 4) is 0 Å². The largest absolute Gasteiger partial charge is 0.353 e. The highest BCUT2D eigenvalue weighted by Crippen LogP contribution is 2.17. The van der Waals surface area contributed by atoms with Gasteiger partial charge >= 0.3 is 0 Å². The summed E-state index contributed by atoms with van der Waals surface area (Å²) < 4.78 is 0. The van der Waals surface area contributed by atoms with Gasteiger partial charge in [-0.15, -0.1) is 12.4 Å². The van der Waals surface area contributed by atoms with Crippen molar-refractivity contribution in [2.75, 3.05) is 13.6 Å². The van der Waals surface area contributed by atoms with Gasteiger partial charge in [-0.2, -0.15) is 0 Å². The summed E-state index contributed by atoms with van der Waals surface area (Å²) in [5, 5.41) is 6.21. The summed E-state index contributed by atoms with van der Waals surface area (Å²) in [6.45, 7) is 0.929. The molecule has 0 aromatic rings. The molecule has 0 bridgehead atoms. The zero-order valence-electron chi connectivity index (χ0n) is 10.3. The quantitative estimate of drug-likeness (QED) is 0.579. The molecule has 1 aliphatic rings. The number of halogens is 1. The standard InChI is InChI=1S/C12H24N2O.ClH/c1-13-10-6-9-12(15)14-11-7-4-2-3-5-8-11;/h11,13H,2-10H2,1H3,(H,14,15);1H. The topological polar surface area (TPSA) is 41.1 Å². The zero-order valence-corrected chi connectivity index (χ0v) is 11.1. The Morgan fingerprint density at radius 2 is 1.81 bits per heavy atom. The molecule has 96 valence electrons. The van der Waals surface area contributed by atoms with Gasteiger partial charge in [0.2, 0.25) is 5.91 Å². The molecule has 0 spiro atoms. The van der Waals surface area contributed by atoms with Gasteiger partial charge in [0.15, 0.2) is 0 Å². The van der Waals surface area contributed by atoms with Gasteiger partial charge in [-0.05, 0) is 32.9 Å². The molecule has 1 saturated carbocycles. The molecule has 0 atom stereocenters. The number of hydrogen-bond acceptors (Lipinski definition) is 2. The molecule has 16 heavy (non-hydrogen) atoms. The first-order valence-electron chi connectivity index (χ1n) is 6.27. The monoisotopic (exact) mass is 248 g/mol. The lowest BCUT2D eigenvalue weighted by atomic mass is 10.1. The van der Waals surface area contributed by atoms with Crippen LogP contribution in [0.1, 0.15) is 51.4 Å². The van der Waals surface area contributed by atoms with Crippen LogP contribution in [0.4, 0.5) is 0 Å². The average molecular weight is 249 g/mol. The molecule has 0 unspecified atom stereocenters. The van der Waals surface area contributed by atoms with Gasteiger partial charge in [0.1, 0.15) is 0 Å². The molecule has 1 aliphatic carbocycles. The normalized spacial score (nSPS) is 17.3. The van der Waals surface area contributed by atoms with Gasteiger partial charge in [-0.1, -0.05) is 25.7 Å². The Bertz CT molecular complexity index is 180. The van der Waals surface area contributed by atoms with Crippen LogP contribution in [0.5, 0.6) is 0 Å². The summed E-state index contributed by atoms with van der Waals surface area (Å²) in [6, 6.07) is 0.453. The van der Waals surface area contributed by atoms with Gasteiger partial charge in [-0.25, -0.2) is 0 Å². The summed E-state index contributed by atoms with van der Waals surface area (Å²) in [4.78, 5) is 11.6. The highest BCUT2D eigenvalue weighted by Gasteiger charge is 2.13. The first-order chi connectivity index (χ1) is 7.33. The fraction of sp³-hybridized carbons (Fsp3) is 0.917. The van der Waals surface area contributed by atoms with Crippen LogP contribution in [0, 0.1) is 0 Å². The van der Waals surface area contributed by atoms with Crippen molar-refractivity contribution in [3.63, 3.8) is 0 Å². The van der Waals surface area contributed by atoms with Crippen LogP contribution < -0.4 is 10.6 Å². The van der Waals surface area contributed by atoms with Crippen molar-refractivity contribution in [3.05, 3.63) is 0 Å². The molecule has 1 rings (SSSR count). The van der Waals surface area contributed by atoms with Gasteiger partial charge in [0.05, 0.1) is 0 Å². The van der Waals surface area contributed by atoms with Crippen molar-refractivity contribution >= 4 is 18.3 Å². The van der Waals surface area contributed by atoms with Crippen molar-refractivity contribution in [1.29, 1.82) is 0 Å². The smallest absolute Gasteiger partial charge is 0.220 e. The molecule has 4 heteroatoms. The maximum atomic E-state index is 11.6. The third-order valence-electron chi connectivity index (χ3n) is 3.05. The number of nitrogens with one attached hydrogen (secondary N) is 2. The fourth-order valence-corrected chi connectivity index (χ4v) is 2.15. The Morgan fingerprint density at radius 1 is 1.19 bits per heavy atom. The van der Waals surface area contributed by atoms with E-state index in [0.717, 1.165) is 13.0 Å².